The summed E-state index contributed by atoms with van der Waals surface area (Å²) in [5.74, 6) is -1.47. The summed E-state index contributed by atoms with van der Waals surface area (Å²) >= 11 is 0. The molecule has 0 saturated carbocycles. The number of rotatable bonds is 15. The van der Waals surface area contributed by atoms with E-state index in [4.69, 9.17) is 30.0 Å². The maximum atomic E-state index is 13.3. The van der Waals surface area contributed by atoms with Crippen molar-refractivity contribution in [1.29, 1.82) is 0 Å². The van der Waals surface area contributed by atoms with Crippen molar-refractivity contribution in [3.8, 4) is 0 Å². The fourth-order valence-electron chi connectivity index (χ4n) is 6.01. The molecule has 23 nitrogen and oxygen atoms in total. The minimum absolute atomic E-state index is 0.0376. The molecule has 2 aliphatic heterocycles. The van der Waals surface area contributed by atoms with E-state index in [0.717, 1.165) is 23.5 Å². The van der Waals surface area contributed by atoms with Gasteiger partial charge in [0.05, 0.1) is 19.5 Å². The third-order valence-corrected chi connectivity index (χ3v) is 11.3. The number of ketones is 1. The van der Waals surface area contributed by atoms with Gasteiger partial charge in [0, 0.05) is 29.1 Å². The molecule has 0 bridgehead atoms. The molecule has 0 radical (unpaired) electrons. The maximum Gasteiger partial charge on any atom is 0.481 e. The minimum atomic E-state index is -5.46. The van der Waals surface area contributed by atoms with Crippen LogP contribution in [0.3, 0.4) is 0 Å². The first-order chi connectivity index (χ1) is 26.0. The standard InChI is InChI=1S/C30H36N8O15P2/c1-2-3-15-8-14(4-6-33-15)21(39)16-5-7-37(9-17(16)27(32)44)29-24(42)22(40)18(51-29)10-49-54(45,46)53-55(47,48)50-11-19-23(41)25(43)30(52-19)38-13-36-20-26(31)34-12-35-28(20)38/h4-9,12-13,18-19,22-25,29-30,40-43H,2-3,10-11H2,1H3,(H5-,31,32,34,35,44,45,46,47,48)/p+1/t18-,19-,22-,23-,24-,25-,29-,30-/m1/s1. The lowest BCUT2D eigenvalue weighted by molar-refractivity contribution is -0.765. The van der Waals surface area contributed by atoms with Gasteiger partial charge in [0.1, 0.15) is 47.9 Å². The molecule has 0 aliphatic carbocycles. The highest BCUT2D eigenvalue weighted by Crippen LogP contribution is 2.60. The molecule has 4 aromatic rings. The average Bonchev–Trinajstić information content (AvgIpc) is 3.79. The quantitative estimate of drug-likeness (QED) is 0.0387. The molecule has 10 atom stereocenters. The summed E-state index contributed by atoms with van der Waals surface area (Å²) in [4.78, 5) is 62.2. The van der Waals surface area contributed by atoms with E-state index in [-0.39, 0.29) is 33.7 Å². The van der Waals surface area contributed by atoms with Crippen LogP contribution in [0.4, 0.5) is 5.82 Å². The maximum absolute atomic E-state index is 13.3. The van der Waals surface area contributed by atoms with Crippen molar-refractivity contribution in [2.24, 2.45) is 5.73 Å². The molecule has 4 aromatic heterocycles. The van der Waals surface area contributed by atoms with E-state index >= 15 is 0 Å². The summed E-state index contributed by atoms with van der Waals surface area (Å²) in [5, 5.41) is 42.5. The van der Waals surface area contributed by atoms with Crippen molar-refractivity contribution in [2.75, 3.05) is 18.9 Å². The second kappa shape index (κ2) is 16.1. The Kier molecular flexibility index (Phi) is 11.9. The van der Waals surface area contributed by atoms with Crippen molar-refractivity contribution in [3.05, 3.63) is 71.8 Å². The lowest BCUT2D eigenvalue weighted by Crippen LogP contribution is -2.47. The summed E-state index contributed by atoms with van der Waals surface area (Å²) in [6.07, 6.45) is -4.88. The fraction of sp³-hybridized carbons (Fsp3) is 0.433. The number of amides is 1. The zero-order chi connectivity index (χ0) is 39.8. The van der Waals surface area contributed by atoms with Crippen LogP contribution in [0.1, 0.15) is 57.8 Å². The van der Waals surface area contributed by atoms with Gasteiger partial charge < -0.3 is 51.2 Å². The predicted molar refractivity (Wildman–Crippen MR) is 181 cm³/mol. The monoisotopic (exact) mass is 811 g/mol. The highest BCUT2D eigenvalue weighted by atomic mass is 31.3. The largest absolute Gasteiger partial charge is 0.481 e. The van der Waals surface area contributed by atoms with Crippen LogP contribution in [0.15, 0.2) is 49.4 Å². The minimum Gasteiger partial charge on any atom is -0.387 e. The van der Waals surface area contributed by atoms with Gasteiger partial charge >= 0.3 is 15.6 Å². The Bertz CT molecular complexity index is 2180. The molecule has 6 rings (SSSR count). The van der Waals surface area contributed by atoms with E-state index in [0.29, 0.717) is 12.1 Å². The average molecular weight is 812 g/mol. The number of carbonyl (C=O) groups excluding carboxylic acids is 2. The summed E-state index contributed by atoms with van der Waals surface area (Å²) in [6.45, 7) is 0.0474. The van der Waals surface area contributed by atoms with Crippen LogP contribution < -0.4 is 16.0 Å². The topological polar surface area (TPSA) is 348 Å². The second-order valence-corrected chi connectivity index (χ2v) is 15.5. The predicted octanol–water partition coefficient (Wildman–Crippen LogP) is -1.44. The number of nitrogens with two attached hydrogens (primary N) is 2. The number of pyridine rings is 2. The van der Waals surface area contributed by atoms with Crippen molar-refractivity contribution >= 4 is 44.3 Å². The van der Waals surface area contributed by atoms with Gasteiger partial charge in [-0.2, -0.15) is 8.88 Å². The Morgan fingerprint density at radius 3 is 2.27 bits per heavy atom. The number of primary amides is 1. The SMILES string of the molecule is CCCc1cc(C(=O)c2cc[n+]([C@@H]3O[C@H](COP(=O)(O)OP(=O)(O)OC[C@H]4O[C@@H](n5cnc6c(N)ncnc65)[C@H](O)[C@@H]4O)[C@@H](O)[C@H]3O)cc2C(N)=O)ccn1. The third-order valence-electron chi connectivity index (χ3n) is 8.72. The van der Waals surface area contributed by atoms with Crippen LogP contribution in [-0.4, -0.2) is 116 Å². The summed E-state index contributed by atoms with van der Waals surface area (Å²) in [5.41, 5.74) is 12.3. The van der Waals surface area contributed by atoms with Gasteiger partial charge in [-0.05, 0) is 18.6 Å². The van der Waals surface area contributed by atoms with Crippen LogP contribution in [0.25, 0.3) is 11.2 Å². The van der Waals surface area contributed by atoms with Crippen molar-refractivity contribution in [2.45, 2.75) is 68.8 Å². The number of nitrogen functional groups attached to an aromatic ring is 1. The molecule has 296 valence electrons. The van der Waals surface area contributed by atoms with Crippen LogP contribution in [0.2, 0.25) is 0 Å². The number of hydrogen-bond donors (Lipinski definition) is 8. The summed E-state index contributed by atoms with van der Waals surface area (Å²) in [7, 11) is -10.9. The highest BCUT2D eigenvalue weighted by Gasteiger charge is 2.50. The molecule has 1 amide bonds. The first kappa shape index (κ1) is 40.5. The Labute approximate surface area is 310 Å². The lowest BCUT2D eigenvalue weighted by atomic mass is 9.99. The van der Waals surface area contributed by atoms with Gasteiger partial charge in [-0.3, -0.25) is 28.2 Å². The number of anilines is 1. The Hall–Kier alpha value is -4.19. The summed E-state index contributed by atoms with van der Waals surface area (Å²) in [6, 6.07) is 4.35. The van der Waals surface area contributed by atoms with E-state index in [1.807, 2.05) is 6.92 Å². The van der Waals surface area contributed by atoms with Gasteiger partial charge in [0.25, 0.3) is 12.1 Å². The number of carbonyl (C=O) groups is 2. The fourth-order valence-corrected chi connectivity index (χ4v) is 8.10. The molecule has 55 heavy (non-hydrogen) atoms. The number of aromatic nitrogens is 6. The van der Waals surface area contributed by atoms with Crippen molar-refractivity contribution in [3.63, 3.8) is 0 Å². The Morgan fingerprint density at radius 2 is 1.60 bits per heavy atom. The number of ether oxygens (including phenoxy) is 2. The number of imidazole rings is 1. The van der Waals surface area contributed by atoms with Crippen LogP contribution >= 0.6 is 15.6 Å². The van der Waals surface area contributed by atoms with Gasteiger partial charge in [0.2, 0.25) is 0 Å². The Balaban J connectivity index is 1.06. The molecule has 2 fully saturated rings. The first-order valence-electron chi connectivity index (χ1n) is 16.5. The van der Waals surface area contributed by atoms with E-state index in [1.54, 1.807) is 6.07 Å². The van der Waals surface area contributed by atoms with E-state index in [1.165, 1.54) is 35.4 Å². The number of phosphoric ester groups is 2. The molecule has 10 N–H and O–H groups in total. The van der Waals surface area contributed by atoms with Gasteiger partial charge in [-0.1, -0.05) is 13.3 Å². The normalized spacial score (nSPS) is 27.5. The molecule has 2 saturated heterocycles. The van der Waals surface area contributed by atoms with Crippen LogP contribution in [-0.2, 0) is 38.4 Å². The van der Waals surface area contributed by atoms with Gasteiger partial charge in [-0.25, -0.2) is 24.1 Å². The van der Waals surface area contributed by atoms with Crippen LogP contribution in [0.5, 0.6) is 0 Å². The summed E-state index contributed by atoms with van der Waals surface area (Å²) < 4.78 is 52.7. The molecular weight excluding hydrogens is 774 g/mol. The number of nitrogens with zero attached hydrogens (tertiary/aromatic N) is 6. The second-order valence-electron chi connectivity index (χ2n) is 12.5. The number of phosphoric acid groups is 2. The van der Waals surface area contributed by atoms with E-state index in [2.05, 4.69) is 24.2 Å². The number of aliphatic hydroxyl groups is 4. The zero-order valence-corrected chi connectivity index (χ0v) is 30.4. The number of fused-ring (bicyclic) bond motifs is 1. The molecule has 0 aromatic carbocycles. The van der Waals surface area contributed by atoms with Crippen molar-refractivity contribution in [1.82, 2.24) is 24.5 Å². The third kappa shape index (κ3) is 8.64. The molecular formula is C30H37N8O15P2+. The number of aliphatic hydroxyl groups excluding tert-OH is 4. The van der Waals surface area contributed by atoms with E-state index < -0.39 is 89.6 Å². The molecule has 25 heteroatoms. The van der Waals surface area contributed by atoms with Gasteiger partial charge in [0.15, 0.2) is 42.0 Å². The van der Waals surface area contributed by atoms with Crippen LogP contribution in [0, 0.1) is 0 Å². The zero-order valence-electron chi connectivity index (χ0n) is 28.7. The van der Waals surface area contributed by atoms with Crippen molar-refractivity contribution < 1.29 is 76.3 Å². The molecule has 6 heterocycles. The molecule has 2 unspecified atom stereocenters. The molecule has 0 spiro atoms. The lowest BCUT2D eigenvalue weighted by Gasteiger charge is -2.20. The molecule has 2 aliphatic rings. The first-order valence-corrected chi connectivity index (χ1v) is 19.5. The van der Waals surface area contributed by atoms with E-state index in [9.17, 15) is 48.9 Å². The Morgan fingerprint density at radius 1 is 0.927 bits per heavy atom. The number of hydrogen-bond acceptors (Lipinski definition) is 18. The highest BCUT2D eigenvalue weighted by molar-refractivity contribution is 7.61. The number of aryl methyl sites for hydroxylation is 1. The van der Waals surface area contributed by atoms with Gasteiger partial charge in [-0.15, -0.1) is 0 Å². The smallest absolute Gasteiger partial charge is 0.387 e.